The van der Waals surface area contributed by atoms with Crippen LogP contribution in [-0.4, -0.2) is 24.4 Å². The molecule has 0 amide bonds. The molecule has 0 fully saturated rings. The van der Waals surface area contributed by atoms with Gasteiger partial charge in [0, 0.05) is 26.6 Å². The Bertz CT molecular complexity index is 438. The highest BCUT2D eigenvalue weighted by Crippen LogP contribution is 2.11. The SMILES string of the molecule is CCCCC(=NCC)NN(C)Cc1ccc(C)c(C)c1. The molecule has 1 aromatic rings. The maximum Gasteiger partial charge on any atom is 0.111 e. The van der Waals surface area contributed by atoms with E-state index in [-0.39, 0.29) is 0 Å². The molecule has 0 aromatic heterocycles. The average Bonchev–Trinajstić information content (AvgIpc) is 2.40. The van der Waals surface area contributed by atoms with Gasteiger partial charge in [-0.3, -0.25) is 4.99 Å². The largest absolute Gasteiger partial charge is 0.307 e. The first-order chi connectivity index (χ1) is 9.56. The summed E-state index contributed by atoms with van der Waals surface area (Å²) in [5, 5.41) is 2.12. The molecule has 0 saturated heterocycles. The van der Waals surface area contributed by atoms with E-state index >= 15 is 0 Å². The van der Waals surface area contributed by atoms with Crippen LogP contribution in [0.25, 0.3) is 0 Å². The van der Waals surface area contributed by atoms with Gasteiger partial charge in [-0.05, 0) is 43.9 Å². The fourth-order valence-electron chi connectivity index (χ4n) is 2.14. The Hall–Kier alpha value is -1.35. The van der Waals surface area contributed by atoms with Crippen LogP contribution in [-0.2, 0) is 6.54 Å². The molecule has 0 bridgehead atoms. The minimum Gasteiger partial charge on any atom is -0.307 e. The van der Waals surface area contributed by atoms with Gasteiger partial charge in [0.25, 0.3) is 0 Å². The number of unbranched alkanes of at least 4 members (excludes halogenated alkanes) is 1. The lowest BCUT2D eigenvalue weighted by Crippen LogP contribution is -2.38. The molecule has 0 heterocycles. The quantitative estimate of drug-likeness (QED) is 0.465. The molecule has 0 unspecified atom stereocenters. The second-order valence-corrected chi connectivity index (χ2v) is 5.41. The molecule has 3 nitrogen and oxygen atoms in total. The van der Waals surface area contributed by atoms with E-state index in [1.807, 2.05) is 0 Å². The predicted molar refractivity (Wildman–Crippen MR) is 88.0 cm³/mol. The number of aryl methyl sites for hydroxylation is 2. The highest BCUT2D eigenvalue weighted by molar-refractivity contribution is 5.81. The Morgan fingerprint density at radius 1 is 1.20 bits per heavy atom. The molecule has 0 radical (unpaired) electrons. The monoisotopic (exact) mass is 275 g/mol. The minimum absolute atomic E-state index is 0.837. The van der Waals surface area contributed by atoms with Crippen molar-refractivity contribution in [2.75, 3.05) is 13.6 Å². The third-order valence-electron chi connectivity index (χ3n) is 3.43. The lowest BCUT2D eigenvalue weighted by molar-refractivity contribution is 0.281. The summed E-state index contributed by atoms with van der Waals surface area (Å²) in [6.07, 6.45) is 3.41. The van der Waals surface area contributed by atoms with Crippen LogP contribution >= 0.6 is 0 Å². The van der Waals surface area contributed by atoms with Gasteiger partial charge in [0.1, 0.15) is 5.84 Å². The summed E-state index contributed by atoms with van der Waals surface area (Å²) in [6.45, 7) is 10.3. The zero-order valence-corrected chi connectivity index (χ0v) is 13.7. The summed E-state index contributed by atoms with van der Waals surface area (Å²) >= 11 is 0. The summed E-state index contributed by atoms with van der Waals surface area (Å²) in [5.41, 5.74) is 7.45. The van der Waals surface area contributed by atoms with Crippen molar-refractivity contribution in [1.82, 2.24) is 10.4 Å². The van der Waals surface area contributed by atoms with E-state index in [1.165, 1.54) is 29.5 Å². The molecule has 1 rings (SSSR count). The van der Waals surface area contributed by atoms with Gasteiger partial charge in [0.15, 0.2) is 0 Å². The highest BCUT2D eigenvalue weighted by atomic mass is 15.5. The molecule has 0 atom stereocenters. The number of hydrogen-bond donors (Lipinski definition) is 1. The van der Waals surface area contributed by atoms with Gasteiger partial charge in [-0.15, -0.1) is 0 Å². The summed E-state index contributed by atoms with van der Waals surface area (Å²) < 4.78 is 0. The third-order valence-corrected chi connectivity index (χ3v) is 3.43. The molecular weight excluding hydrogens is 246 g/mol. The molecule has 20 heavy (non-hydrogen) atoms. The molecule has 0 saturated carbocycles. The van der Waals surface area contributed by atoms with Crippen molar-refractivity contribution in [2.45, 2.75) is 53.5 Å². The summed E-state index contributed by atoms with van der Waals surface area (Å²) in [5.74, 6) is 1.10. The molecule has 1 aromatic carbocycles. The first kappa shape index (κ1) is 16.7. The number of rotatable bonds is 7. The van der Waals surface area contributed by atoms with Crippen LogP contribution in [0.15, 0.2) is 23.2 Å². The lowest BCUT2D eigenvalue weighted by atomic mass is 10.1. The van der Waals surface area contributed by atoms with Crippen LogP contribution in [0.5, 0.6) is 0 Å². The Kier molecular flexibility index (Phi) is 7.31. The van der Waals surface area contributed by atoms with Crippen LogP contribution in [0.2, 0.25) is 0 Å². The van der Waals surface area contributed by atoms with E-state index in [0.29, 0.717) is 0 Å². The van der Waals surface area contributed by atoms with E-state index in [4.69, 9.17) is 0 Å². The maximum atomic E-state index is 4.54. The van der Waals surface area contributed by atoms with Crippen molar-refractivity contribution in [3.8, 4) is 0 Å². The van der Waals surface area contributed by atoms with Crippen LogP contribution in [0.1, 0.15) is 49.8 Å². The van der Waals surface area contributed by atoms with Gasteiger partial charge in [0.2, 0.25) is 0 Å². The van der Waals surface area contributed by atoms with Crippen molar-refractivity contribution in [3.05, 3.63) is 34.9 Å². The second-order valence-electron chi connectivity index (χ2n) is 5.41. The topological polar surface area (TPSA) is 27.6 Å². The van der Waals surface area contributed by atoms with E-state index in [2.05, 4.69) is 68.4 Å². The minimum atomic E-state index is 0.837. The van der Waals surface area contributed by atoms with E-state index in [1.54, 1.807) is 0 Å². The smallest absolute Gasteiger partial charge is 0.111 e. The van der Waals surface area contributed by atoms with Crippen LogP contribution in [0.4, 0.5) is 0 Å². The molecular formula is C17H29N3. The van der Waals surface area contributed by atoms with Crippen molar-refractivity contribution in [1.29, 1.82) is 0 Å². The Morgan fingerprint density at radius 3 is 2.55 bits per heavy atom. The zero-order chi connectivity index (χ0) is 15.0. The molecule has 0 aliphatic heterocycles. The van der Waals surface area contributed by atoms with Crippen molar-refractivity contribution in [2.24, 2.45) is 4.99 Å². The van der Waals surface area contributed by atoms with E-state index < -0.39 is 0 Å². The molecule has 112 valence electrons. The number of nitrogens with one attached hydrogen (secondary N) is 1. The number of hydrogen-bond acceptors (Lipinski definition) is 2. The van der Waals surface area contributed by atoms with Crippen molar-refractivity contribution >= 4 is 5.84 Å². The molecule has 0 spiro atoms. The van der Waals surface area contributed by atoms with Gasteiger partial charge in [-0.2, -0.15) is 0 Å². The van der Waals surface area contributed by atoms with Gasteiger partial charge in [-0.25, -0.2) is 5.01 Å². The zero-order valence-electron chi connectivity index (χ0n) is 13.7. The number of nitrogens with zero attached hydrogens (tertiary/aromatic N) is 2. The summed E-state index contributed by atoms with van der Waals surface area (Å²) in [7, 11) is 2.08. The third kappa shape index (κ3) is 5.74. The number of amidine groups is 1. The van der Waals surface area contributed by atoms with Crippen LogP contribution in [0, 0.1) is 13.8 Å². The maximum absolute atomic E-state index is 4.54. The van der Waals surface area contributed by atoms with Gasteiger partial charge in [0.05, 0.1) is 0 Å². The first-order valence-corrected chi connectivity index (χ1v) is 7.64. The normalized spacial score (nSPS) is 12.0. The van der Waals surface area contributed by atoms with Crippen LogP contribution < -0.4 is 5.43 Å². The Balaban J connectivity index is 2.58. The molecule has 1 N–H and O–H groups in total. The lowest BCUT2D eigenvalue weighted by Gasteiger charge is -2.21. The Morgan fingerprint density at radius 2 is 1.95 bits per heavy atom. The van der Waals surface area contributed by atoms with Crippen LogP contribution in [0.3, 0.4) is 0 Å². The van der Waals surface area contributed by atoms with Gasteiger partial charge in [-0.1, -0.05) is 31.5 Å². The fourth-order valence-corrected chi connectivity index (χ4v) is 2.14. The number of benzene rings is 1. The molecule has 0 aliphatic carbocycles. The standard InChI is InChI=1S/C17H29N3/c1-6-8-9-17(18-7-2)19-20(5)13-16-11-10-14(3)15(4)12-16/h10-12H,6-9,13H2,1-5H3,(H,18,19). The van der Waals surface area contributed by atoms with Gasteiger partial charge < -0.3 is 5.43 Å². The fraction of sp³-hybridized carbons (Fsp3) is 0.588. The van der Waals surface area contributed by atoms with Crippen molar-refractivity contribution < 1.29 is 0 Å². The van der Waals surface area contributed by atoms with Gasteiger partial charge >= 0.3 is 0 Å². The highest BCUT2D eigenvalue weighted by Gasteiger charge is 2.04. The van der Waals surface area contributed by atoms with Crippen molar-refractivity contribution in [3.63, 3.8) is 0 Å². The molecule has 3 heteroatoms. The molecule has 0 aliphatic rings. The number of aliphatic imine (C=N–C) groups is 1. The summed E-state index contributed by atoms with van der Waals surface area (Å²) in [4.78, 5) is 4.54. The van der Waals surface area contributed by atoms with E-state index in [9.17, 15) is 0 Å². The average molecular weight is 275 g/mol. The number of hydrazine groups is 1. The predicted octanol–water partition coefficient (Wildman–Crippen LogP) is 3.85. The Labute approximate surface area is 124 Å². The van der Waals surface area contributed by atoms with E-state index in [0.717, 1.165) is 25.3 Å². The first-order valence-electron chi connectivity index (χ1n) is 7.64. The second kappa shape index (κ2) is 8.75. The summed E-state index contributed by atoms with van der Waals surface area (Å²) in [6, 6.07) is 6.65.